The second-order valence-electron chi connectivity index (χ2n) is 10.6. The van der Waals surface area contributed by atoms with Crippen molar-refractivity contribution in [1.82, 2.24) is 4.90 Å². The molecule has 0 aliphatic carbocycles. The van der Waals surface area contributed by atoms with Gasteiger partial charge in [-0.3, -0.25) is 4.90 Å². The van der Waals surface area contributed by atoms with E-state index in [1.165, 1.54) is 0 Å². The Kier molecular flexibility index (Phi) is 7.54. The molecule has 8 heteroatoms. The third-order valence-electron chi connectivity index (χ3n) is 7.32. The maximum Gasteiger partial charge on any atom is 0.190 e. The van der Waals surface area contributed by atoms with Crippen molar-refractivity contribution >= 4 is 9.84 Å². The molecule has 3 saturated heterocycles. The van der Waals surface area contributed by atoms with Crippen LogP contribution in [0.15, 0.2) is 59.5 Å². The Morgan fingerprint density at radius 2 is 1.69 bits per heavy atom. The van der Waals surface area contributed by atoms with Crippen molar-refractivity contribution in [2.24, 2.45) is 0 Å². The highest BCUT2D eigenvalue weighted by Gasteiger charge is 2.58. The molecule has 0 saturated carbocycles. The second-order valence-corrected chi connectivity index (χ2v) is 12.6. The smallest absolute Gasteiger partial charge is 0.190 e. The van der Waals surface area contributed by atoms with E-state index in [0.29, 0.717) is 11.5 Å². The number of hydrogen-bond donors (Lipinski definition) is 0. The molecule has 2 aromatic carbocycles. The second kappa shape index (κ2) is 10.5. The lowest BCUT2D eigenvalue weighted by molar-refractivity contribution is -0.225. The highest BCUT2D eigenvalue weighted by Crippen LogP contribution is 2.41. The number of piperidine rings is 1. The van der Waals surface area contributed by atoms with Gasteiger partial charge in [0.1, 0.15) is 18.3 Å². The zero-order valence-corrected chi connectivity index (χ0v) is 22.2. The van der Waals surface area contributed by atoms with Gasteiger partial charge in [-0.05, 0) is 64.4 Å². The van der Waals surface area contributed by atoms with Crippen LogP contribution in [0.1, 0.15) is 44.2 Å². The molecular formula is C28H37NO6S. The van der Waals surface area contributed by atoms with Gasteiger partial charge >= 0.3 is 0 Å². The highest BCUT2D eigenvalue weighted by molar-refractivity contribution is 7.91. The van der Waals surface area contributed by atoms with E-state index >= 15 is 0 Å². The van der Waals surface area contributed by atoms with E-state index in [1.54, 1.807) is 12.1 Å². The summed E-state index contributed by atoms with van der Waals surface area (Å²) in [7, 11) is -3.56. The summed E-state index contributed by atoms with van der Waals surface area (Å²) in [5, 5.41) is 0. The fraction of sp³-hybridized carbons (Fsp3) is 0.571. The van der Waals surface area contributed by atoms with Crippen molar-refractivity contribution < 1.29 is 27.4 Å². The van der Waals surface area contributed by atoms with Gasteiger partial charge in [-0.1, -0.05) is 54.4 Å². The van der Waals surface area contributed by atoms with Crippen molar-refractivity contribution in [2.75, 3.05) is 18.8 Å². The minimum atomic E-state index is -3.56. The Hall–Kier alpha value is -1.81. The van der Waals surface area contributed by atoms with Gasteiger partial charge in [0.25, 0.3) is 0 Å². The van der Waals surface area contributed by atoms with Crippen LogP contribution < -0.4 is 0 Å². The van der Waals surface area contributed by atoms with E-state index in [-0.39, 0.29) is 11.8 Å². The first kappa shape index (κ1) is 25.8. The number of aryl methyl sites for hydroxylation is 1. The molecule has 3 heterocycles. The summed E-state index contributed by atoms with van der Waals surface area (Å²) in [5.74, 6) is -0.835. The van der Waals surface area contributed by atoms with Gasteiger partial charge in [0.2, 0.25) is 0 Å². The summed E-state index contributed by atoms with van der Waals surface area (Å²) >= 11 is 0. The standard InChI is InChI=1S/C28H37NO6S/c1-20-12-14-22(15-13-20)36(30,31)19-23(29-16-8-5-9-17-29)24-25(32-18-21-10-6-4-7-11-21)26-27(33-24)35-28(2,3)34-26/h4,6-7,10-15,23-27H,5,8-9,16-19H2,1-3H3/t23-,24-,25-,26-,27-/m1/s1. The van der Waals surface area contributed by atoms with Crippen LogP contribution in [0.5, 0.6) is 0 Å². The van der Waals surface area contributed by atoms with E-state index in [9.17, 15) is 8.42 Å². The number of hydrogen-bond acceptors (Lipinski definition) is 7. The van der Waals surface area contributed by atoms with Crippen LogP contribution in [0, 0.1) is 6.92 Å². The van der Waals surface area contributed by atoms with Crippen molar-refractivity contribution in [1.29, 1.82) is 0 Å². The summed E-state index contributed by atoms with van der Waals surface area (Å²) in [6.45, 7) is 7.73. The summed E-state index contributed by atoms with van der Waals surface area (Å²) < 4.78 is 52.4. The van der Waals surface area contributed by atoms with Crippen molar-refractivity contribution in [2.45, 2.75) is 88.0 Å². The number of rotatable bonds is 8. The summed E-state index contributed by atoms with van der Waals surface area (Å²) in [6, 6.07) is 16.7. The lowest BCUT2D eigenvalue weighted by Gasteiger charge is -2.39. The Morgan fingerprint density at radius 1 is 1.00 bits per heavy atom. The molecule has 2 aromatic rings. The Morgan fingerprint density at radius 3 is 2.39 bits per heavy atom. The zero-order valence-electron chi connectivity index (χ0n) is 21.3. The summed E-state index contributed by atoms with van der Waals surface area (Å²) in [5.41, 5.74) is 2.07. The lowest BCUT2D eigenvalue weighted by atomic mass is 10.0. The molecule has 0 aromatic heterocycles. The third-order valence-corrected chi connectivity index (χ3v) is 9.09. The van der Waals surface area contributed by atoms with Gasteiger partial charge in [-0.25, -0.2) is 8.42 Å². The van der Waals surface area contributed by atoms with E-state index in [0.717, 1.165) is 43.5 Å². The van der Waals surface area contributed by atoms with Gasteiger partial charge < -0.3 is 18.9 Å². The summed E-state index contributed by atoms with van der Waals surface area (Å²) in [4.78, 5) is 2.61. The van der Waals surface area contributed by atoms with Crippen LogP contribution in [0.3, 0.4) is 0 Å². The number of benzene rings is 2. The first-order valence-corrected chi connectivity index (χ1v) is 14.6. The van der Waals surface area contributed by atoms with Gasteiger partial charge in [-0.15, -0.1) is 0 Å². The largest absolute Gasteiger partial charge is 0.368 e. The van der Waals surface area contributed by atoms with E-state index in [4.69, 9.17) is 18.9 Å². The molecule has 5 rings (SSSR count). The van der Waals surface area contributed by atoms with Crippen LogP contribution in [0.4, 0.5) is 0 Å². The van der Waals surface area contributed by atoms with Gasteiger partial charge in [0.15, 0.2) is 21.9 Å². The molecular weight excluding hydrogens is 478 g/mol. The first-order valence-electron chi connectivity index (χ1n) is 12.9. The molecule has 0 amide bonds. The predicted octanol–water partition coefficient (Wildman–Crippen LogP) is 4.09. The first-order chi connectivity index (χ1) is 17.2. The Labute approximate surface area is 214 Å². The molecule has 3 fully saturated rings. The van der Waals surface area contributed by atoms with Crippen LogP contribution >= 0.6 is 0 Å². The van der Waals surface area contributed by atoms with Crippen LogP contribution in [0.25, 0.3) is 0 Å². The van der Waals surface area contributed by atoms with Crippen LogP contribution in [0.2, 0.25) is 0 Å². The average molecular weight is 516 g/mol. The molecule has 3 aliphatic rings. The monoisotopic (exact) mass is 515 g/mol. The zero-order chi connectivity index (χ0) is 25.3. The van der Waals surface area contributed by atoms with Crippen molar-refractivity contribution in [3.8, 4) is 0 Å². The highest BCUT2D eigenvalue weighted by atomic mass is 32.2. The molecule has 5 atom stereocenters. The molecule has 0 radical (unpaired) electrons. The normalized spacial score (nSPS) is 29.2. The fourth-order valence-electron chi connectivity index (χ4n) is 5.49. The van der Waals surface area contributed by atoms with Gasteiger partial charge in [0, 0.05) is 0 Å². The number of likely N-dealkylation sites (tertiary alicyclic amines) is 1. The molecule has 7 nitrogen and oxygen atoms in total. The Balaban J connectivity index is 1.44. The van der Waals surface area contributed by atoms with E-state index in [1.807, 2.05) is 63.2 Å². The average Bonchev–Trinajstić information content (AvgIpc) is 3.34. The topological polar surface area (TPSA) is 74.3 Å². The van der Waals surface area contributed by atoms with Crippen molar-refractivity contribution in [3.63, 3.8) is 0 Å². The molecule has 0 N–H and O–H groups in total. The third kappa shape index (κ3) is 5.69. The number of fused-ring (bicyclic) bond motifs is 1. The minimum Gasteiger partial charge on any atom is -0.368 e. The number of ether oxygens (including phenoxy) is 4. The van der Waals surface area contributed by atoms with Gasteiger partial charge in [-0.2, -0.15) is 0 Å². The molecule has 0 spiro atoms. The maximum atomic E-state index is 13.6. The van der Waals surface area contributed by atoms with Crippen LogP contribution in [-0.2, 0) is 35.4 Å². The molecule has 3 aliphatic heterocycles. The van der Waals surface area contributed by atoms with Crippen molar-refractivity contribution in [3.05, 3.63) is 65.7 Å². The molecule has 36 heavy (non-hydrogen) atoms. The van der Waals surface area contributed by atoms with E-state index < -0.39 is 40.2 Å². The number of nitrogens with zero attached hydrogens (tertiary/aromatic N) is 1. The molecule has 0 bridgehead atoms. The van der Waals surface area contributed by atoms with Gasteiger partial charge in [0.05, 0.1) is 23.3 Å². The maximum absolute atomic E-state index is 13.6. The lowest BCUT2D eigenvalue weighted by Crippen LogP contribution is -2.54. The number of sulfone groups is 1. The quantitative estimate of drug-likeness (QED) is 0.524. The molecule has 0 unspecified atom stereocenters. The Bertz CT molecular complexity index is 1110. The minimum absolute atomic E-state index is 0.0469. The predicted molar refractivity (Wildman–Crippen MR) is 136 cm³/mol. The SMILES string of the molecule is Cc1ccc(S(=O)(=O)C[C@H]([C@H]2O[C@@H]3OC(C)(C)O[C@@H]3[C@@H]2OCc2ccccc2)N2CCCCC2)cc1. The molecule has 196 valence electrons. The van der Waals surface area contributed by atoms with Crippen LogP contribution in [-0.4, -0.2) is 68.6 Å². The van der Waals surface area contributed by atoms with E-state index in [2.05, 4.69) is 4.90 Å². The summed E-state index contributed by atoms with van der Waals surface area (Å²) in [6.07, 6.45) is 1.24. The fourth-order valence-corrected chi connectivity index (χ4v) is 7.09.